The molecular weight excluding hydrogens is 812 g/mol. The Morgan fingerprint density at radius 3 is 1.43 bits per heavy atom. The first-order valence-corrected chi connectivity index (χ1v) is 15.8. The van der Waals surface area contributed by atoms with Crippen LogP contribution in [0.25, 0.3) is 0 Å². The van der Waals surface area contributed by atoms with Gasteiger partial charge >= 0.3 is 21.4 Å². The molecule has 212 valence electrons. The molecule has 0 saturated carbocycles. The first-order valence-electron chi connectivity index (χ1n) is 12.0. The number of nitrogens with one attached hydrogen (secondary N) is 2. The Morgan fingerprint density at radius 2 is 1.07 bits per heavy atom. The summed E-state index contributed by atoms with van der Waals surface area (Å²) < 4.78 is 3.83. The van der Waals surface area contributed by atoms with Crippen LogP contribution in [0, 0.1) is 13.8 Å². The molecule has 4 atom stereocenters. The lowest BCUT2D eigenvalue weighted by molar-refractivity contribution is -0.807. The monoisotopic (exact) mass is 835 g/mol. The predicted octanol–water partition coefficient (Wildman–Crippen LogP) is 1.23. The fourth-order valence-electron chi connectivity index (χ4n) is 4.38. The van der Waals surface area contributed by atoms with Gasteiger partial charge in [0.2, 0.25) is 0 Å². The lowest BCUT2D eigenvalue weighted by Gasteiger charge is -2.24. The molecule has 0 spiro atoms. The highest BCUT2D eigenvalue weighted by Gasteiger charge is 2.38. The van der Waals surface area contributed by atoms with Crippen LogP contribution in [-0.2, 0) is 0 Å². The van der Waals surface area contributed by atoms with Gasteiger partial charge in [-0.2, -0.15) is 9.97 Å². The number of aryl methyl sites for hydroxylation is 2. The number of halogens is 4. The molecule has 6 rings (SSSR count). The lowest BCUT2D eigenvalue weighted by Crippen LogP contribution is -3.00. The Labute approximate surface area is 278 Å². The van der Waals surface area contributed by atoms with Crippen LogP contribution in [0.3, 0.4) is 0 Å². The molecule has 40 heavy (non-hydrogen) atoms. The number of fused-ring (bicyclic) bond motifs is 2. The summed E-state index contributed by atoms with van der Waals surface area (Å²) in [7, 11) is 0. The number of nitrogens with zero attached hydrogens (tertiary/aromatic N) is 4. The van der Waals surface area contributed by atoms with Crippen molar-refractivity contribution < 1.29 is 26.3 Å². The highest BCUT2D eigenvalue weighted by molar-refractivity contribution is 9.09. The molecule has 4 heterocycles. The number of thioether (sulfide) groups is 2. The standard InChI is InChI=1S/2C13H12BrN3OS.2BrH/c2*1-8-12(18)15-13-17(16-8)11(10(14)7-19-13)9-5-3-2-4-6-9;;/h2*2-6,10-11H,7H2,1H3;2*1H/p+1. The first kappa shape index (κ1) is 33.2. The fraction of sp³-hybridized carbons (Fsp3) is 0.308. The second kappa shape index (κ2) is 14.7. The molecule has 0 saturated heterocycles. The number of hydrogen-bond donors (Lipinski definition) is 2. The maximum absolute atomic E-state index is 11.7. The van der Waals surface area contributed by atoms with E-state index in [-0.39, 0.29) is 66.8 Å². The molecule has 14 heteroatoms. The molecule has 2 aliphatic heterocycles. The molecule has 2 aromatic heterocycles. The van der Waals surface area contributed by atoms with Gasteiger partial charge in [0.1, 0.15) is 0 Å². The van der Waals surface area contributed by atoms with Crippen molar-refractivity contribution >= 4 is 72.4 Å². The van der Waals surface area contributed by atoms with E-state index in [4.69, 9.17) is 0 Å². The Balaban J connectivity index is 0.000000210. The van der Waals surface area contributed by atoms with Gasteiger partial charge in [0.15, 0.2) is 23.5 Å². The first-order chi connectivity index (χ1) is 18.3. The van der Waals surface area contributed by atoms with Gasteiger partial charge in [0.05, 0.1) is 9.65 Å². The van der Waals surface area contributed by atoms with Crippen molar-refractivity contribution in [3.05, 3.63) is 104 Å². The SMILES string of the molecule is Br.Cc1n[n+]2c([nH]c1=O)SCC(Br)C2c1ccccc1.Cc1n[n+]2c([nH]c1=O)SCC(Br)C2c1ccccc1.[Br-]. The summed E-state index contributed by atoms with van der Waals surface area (Å²) >= 11 is 10.7. The van der Waals surface area contributed by atoms with E-state index in [0.29, 0.717) is 11.4 Å². The summed E-state index contributed by atoms with van der Waals surface area (Å²) in [6.07, 6.45) is 0. The van der Waals surface area contributed by atoms with E-state index in [1.54, 1.807) is 37.4 Å². The summed E-state index contributed by atoms with van der Waals surface area (Å²) in [6, 6.07) is 20.7. The van der Waals surface area contributed by atoms with Crippen molar-refractivity contribution in [1.82, 2.24) is 20.2 Å². The molecule has 0 fully saturated rings. The number of benzene rings is 2. The van der Waals surface area contributed by atoms with E-state index in [9.17, 15) is 9.59 Å². The van der Waals surface area contributed by atoms with E-state index in [2.05, 4.69) is 76.3 Å². The van der Waals surface area contributed by atoms with Crippen LogP contribution in [0.2, 0.25) is 0 Å². The van der Waals surface area contributed by atoms with Crippen LogP contribution >= 0.6 is 72.4 Å². The number of alkyl halides is 2. The van der Waals surface area contributed by atoms with Crippen molar-refractivity contribution in [2.45, 2.75) is 45.9 Å². The van der Waals surface area contributed by atoms with E-state index in [0.717, 1.165) is 21.8 Å². The van der Waals surface area contributed by atoms with Crippen LogP contribution in [0.5, 0.6) is 0 Å². The Kier molecular flexibility index (Phi) is 12.2. The molecule has 4 unspecified atom stereocenters. The van der Waals surface area contributed by atoms with Gasteiger partial charge in [-0.05, 0) is 48.5 Å². The van der Waals surface area contributed by atoms with Gasteiger partial charge in [-0.15, -0.1) is 26.3 Å². The highest BCUT2D eigenvalue weighted by Crippen LogP contribution is 2.32. The molecule has 2 aliphatic rings. The van der Waals surface area contributed by atoms with Gasteiger partial charge in [0.25, 0.3) is 0 Å². The second-order valence-corrected chi connectivity index (χ2v) is 13.3. The minimum absolute atomic E-state index is 0. The lowest BCUT2D eigenvalue weighted by atomic mass is 10.0. The zero-order valence-corrected chi connectivity index (χ0v) is 29.6. The largest absolute Gasteiger partial charge is 1.00 e. The molecular formula is C26H27Br4N6O2S2+. The minimum Gasteiger partial charge on any atom is -1.00 e. The maximum atomic E-state index is 11.7. The Hall–Kier alpha value is -1.32. The summed E-state index contributed by atoms with van der Waals surface area (Å²) in [4.78, 5) is 29.7. The van der Waals surface area contributed by atoms with Gasteiger partial charge in [0, 0.05) is 11.5 Å². The topological polar surface area (TPSA) is 99.3 Å². The zero-order chi connectivity index (χ0) is 26.8. The number of H-pyrrole nitrogens is 2. The molecule has 8 nitrogen and oxygen atoms in total. The van der Waals surface area contributed by atoms with Gasteiger partial charge in [-0.1, -0.05) is 103 Å². The van der Waals surface area contributed by atoms with E-state index >= 15 is 0 Å². The third-order valence-corrected chi connectivity index (χ3v) is 11.0. The number of rotatable bonds is 2. The molecule has 0 bridgehead atoms. The van der Waals surface area contributed by atoms with Crippen LogP contribution in [0.15, 0.2) is 80.6 Å². The van der Waals surface area contributed by atoms with E-state index < -0.39 is 0 Å². The van der Waals surface area contributed by atoms with Crippen molar-refractivity contribution in [2.75, 3.05) is 11.5 Å². The van der Waals surface area contributed by atoms with Crippen LogP contribution in [-0.4, -0.2) is 41.3 Å². The number of hydrogen-bond acceptors (Lipinski definition) is 6. The van der Waals surface area contributed by atoms with Gasteiger partial charge in [-0.25, -0.2) is 9.59 Å². The molecule has 4 aromatic rings. The van der Waals surface area contributed by atoms with Crippen molar-refractivity contribution in [1.29, 1.82) is 0 Å². The summed E-state index contributed by atoms with van der Waals surface area (Å²) in [5.74, 6) is 1.81. The quantitative estimate of drug-likeness (QED) is 0.233. The summed E-state index contributed by atoms with van der Waals surface area (Å²) in [5.41, 5.74) is 3.14. The van der Waals surface area contributed by atoms with Crippen molar-refractivity contribution in [3.63, 3.8) is 0 Å². The van der Waals surface area contributed by atoms with Gasteiger partial charge in [-0.3, -0.25) is 0 Å². The van der Waals surface area contributed by atoms with Crippen molar-refractivity contribution in [2.24, 2.45) is 0 Å². The Morgan fingerprint density at radius 1 is 0.725 bits per heavy atom. The number of aromatic amines is 2. The normalized spacial score (nSPS) is 20.9. The van der Waals surface area contributed by atoms with Crippen molar-refractivity contribution in [3.8, 4) is 0 Å². The third kappa shape index (κ3) is 7.17. The highest BCUT2D eigenvalue weighted by atomic mass is 79.9. The van der Waals surface area contributed by atoms with E-state index in [1.165, 1.54) is 11.1 Å². The number of aromatic nitrogens is 6. The molecule has 0 aliphatic carbocycles. The van der Waals surface area contributed by atoms with Crippen LogP contribution in [0.4, 0.5) is 0 Å². The Bertz CT molecular complexity index is 1440. The smallest absolute Gasteiger partial charge is 0.357 e. The predicted molar refractivity (Wildman–Crippen MR) is 166 cm³/mol. The van der Waals surface area contributed by atoms with E-state index in [1.807, 2.05) is 45.8 Å². The summed E-state index contributed by atoms with van der Waals surface area (Å²) in [5, 5.41) is 10.5. The average Bonchev–Trinajstić information content (AvgIpc) is 2.92. The molecule has 2 N–H and O–H groups in total. The molecule has 0 amide bonds. The molecule has 0 radical (unpaired) electrons. The maximum Gasteiger partial charge on any atom is 0.357 e. The van der Waals surface area contributed by atoms with Crippen LogP contribution in [0.1, 0.15) is 34.6 Å². The second-order valence-electron chi connectivity index (χ2n) is 8.94. The third-order valence-electron chi connectivity index (χ3n) is 6.28. The van der Waals surface area contributed by atoms with Crippen LogP contribution < -0.4 is 37.5 Å². The average molecular weight is 839 g/mol. The molecule has 2 aromatic carbocycles. The minimum atomic E-state index is -0.112. The fourth-order valence-corrected chi connectivity index (χ4v) is 8.14. The summed E-state index contributed by atoms with van der Waals surface area (Å²) in [6.45, 7) is 3.47. The zero-order valence-electron chi connectivity index (χ0n) is 21.5. The van der Waals surface area contributed by atoms with Gasteiger partial charge < -0.3 is 17.0 Å².